The van der Waals surface area contributed by atoms with E-state index in [1.807, 2.05) is 6.92 Å². The van der Waals surface area contributed by atoms with E-state index in [4.69, 9.17) is 21.1 Å². The molecular formula is C18H19ClN2O5S2. The lowest BCUT2D eigenvalue weighted by molar-refractivity contribution is -0.116. The predicted molar refractivity (Wildman–Crippen MR) is 110 cm³/mol. The molecule has 0 unspecified atom stereocenters. The molecule has 3 rings (SSSR count). The fourth-order valence-corrected chi connectivity index (χ4v) is 5.20. The van der Waals surface area contributed by atoms with E-state index in [9.17, 15) is 13.2 Å². The van der Waals surface area contributed by atoms with Gasteiger partial charge in [-0.3, -0.25) is 9.52 Å². The molecular weight excluding hydrogens is 424 g/mol. The number of thioether (sulfide) groups is 1. The fraction of sp³-hybridized carbons (Fsp3) is 0.278. The van der Waals surface area contributed by atoms with Gasteiger partial charge >= 0.3 is 0 Å². The van der Waals surface area contributed by atoms with Crippen molar-refractivity contribution < 1.29 is 22.7 Å². The number of hydrogen-bond acceptors (Lipinski definition) is 6. The Labute approximate surface area is 172 Å². The Hall–Kier alpha value is -2.10. The van der Waals surface area contributed by atoms with E-state index < -0.39 is 10.0 Å². The zero-order chi connectivity index (χ0) is 20.5. The first-order chi connectivity index (χ1) is 13.2. The van der Waals surface area contributed by atoms with Crippen molar-refractivity contribution in [3.05, 3.63) is 35.4 Å². The van der Waals surface area contributed by atoms with Gasteiger partial charge in [0.05, 0.1) is 29.8 Å². The van der Waals surface area contributed by atoms with Crippen molar-refractivity contribution in [1.82, 2.24) is 0 Å². The summed E-state index contributed by atoms with van der Waals surface area (Å²) in [5.41, 5.74) is 0.571. The van der Waals surface area contributed by atoms with Gasteiger partial charge in [-0.25, -0.2) is 8.42 Å². The monoisotopic (exact) mass is 442 g/mol. The van der Waals surface area contributed by atoms with Crippen LogP contribution in [0.1, 0.15) is 13.3 Å². The number of rotatable bonds is 5. The Kier molecular flexibility index (Phi) is 5.97. The number of carbonyl (C=O) groups excluding carboxylic acids is 1. The minimum Gasteiger partial charge on any atom is -0.497 e. The summed E-state index contributed by atoms with van der Waals surface area (Å²) in [5, 5.41) is 2.99. The number of amides is 1. The van der Waals surface area contributed by atoms with Crippen LogP contribution in [0.5, 0.6) is 11.5 Å². The molecule has 28 heavy (non-hydrogen) atoms. The number of benzene rings is 2. The van der Waals surface area contributed by atoms with Crippen molar-refractivity contribution in [2.75, 3.05) is 24.3 Å². The number of hydrogen-bond donors (Lipinski definition) is 2. The third-order valence-corrected chi connectivity index (χ3v) is 6.88. The zero-order valence-electron chi connectivity index (χ0n) is 15.4. The summed E-state index contributed by atoms with van der Waals surface area (Å²) in [4.78, 5) is 12.8. The number of anilines is 2. The lowest BCUT2D eigenvalue weighted by atomic mass is 10.3. The van der Waals surface area contributed by atoms with Crippen LogP contribution in [0.4, 0.5) is 11.4 Å². The lowest BCUT2D eigenvalue weighted by Gasteiger charge is -2.16. The summed E-state index contributed by atoms with van der Waals surface area (Å²) in [6.45, 7) is 1.95. The topological polar surface area (TPSA) is 93.7 Å². The SMILES string of the molecule is COc1cc(Cl)c(NS(=O)(=O)c2ccc3c(c2)NC(=O)C[C@@H](C)S3)c(OC)c1. The zero-order valence-corrected chi connectivity index (χ0v) is 17.8. The number of nitrogens with one attached hydrogen (secondary N) is 2. The highest BCUT2D eigenvalue weighted by Gasteiger charge is 2.24. The summed E-state index contributed by atoms with van der Waals surface area (Å²) < 4.78 is 38.6. The van der Waals surface area contributed by atoms with Crippen LogP contribution in [-0.2, 0) is 14.8 Å². The van der Waals surface area contributed by atoms with E-state index in [2.05, 4.69) is 10.0 Å². The first-order valence-corrected chi connectivity index (χ1v) is 11.0. The average Bonchev–Trinajstić information content (AvgIpc) is 2.78. The first kappa shape index (κ1) is 20.6. The maximum Gasteiger partial charge on any atom is 0.262 e. The average molecular weight is 443 g/mol. The number of carbonyl (C=O) groups is 1. The third-order valence-electron chi connectivity index (χ3n) is 4.06. The van der Waals surface area contributed by atoms with E-state index >= 15 is 0 Å². The molecule has 0 aromatic heterocycles. The highest BCUT2D eigenvalue weighted by molar-refractivity contribution is 8.00. The molecule has 0 aliphatic carbocycles. The third kappa shape index (κ3) is 4.31. The Balaban J connectivity index is 1.98. The van der Waals surface area contributed by atoms with Crippen molar-refractivity contribution in [3.63, 3.8) is 0 Å². The second kappa shape index (κ2) is 8.10. The minimum atomic E-state index is -3.98. The van der Waals surface area contributed by atoms with E-state index in [0.717, 1.165) is 4.90 Å². The molecule has 2 aromatic rings. The molecule has 0 radical (unpaired) electrons. The molecule has 0 saturated heterocycles. The van der Waals surface area contributed by atoms with Crippen LogP contribution in [0.15, 0.2) is 40.1 Å². The van der Waals surface area contributed by atoms with Gasteiger partial charge in [0.15, 0.2) is 0 Å². The van der Waals surface area contributed by atoms with E-state index in [0.29, 0.717) is 17.9 Å². The summed E-state index contributed by atoms with van der Waals surface area (Å²) in [5.74, 6) is 0.505. The normalized spacial score (nSPS) is 16.6. The van der Waals surface area contributed by atoms with Crippen LogP contribution >= 0.6 is 23.4 Å². The van der Waals surface area contributed by atoms with Gasteiger partial charge in [0.25, 0.3) is 10.0 Å². The lowest BCUT2D eigenvalue weighted by Crippen LogP contribution is -2.16. The van der Waals surface area contributed by atoms with Crippen LogP contribution in [0.3, 0.4) is 0 Å². The first-order valence-electron chi connectivity index (χ1n) is 8.28. The molecule has 1 amide bonds. The highest BCUT2D eigenvalue weighted by atomic mass is 35.5. The van der Waals surface area contributed by atoms with Gasteiger partial charge in [-0.1, -0.05) is 18.5 Å². The molecule has 1 aliphatic heterocycles. The smallest absolute Gasteiger partial charge is 0.262 e. The summed E-state index contributed by atoms with van der Waals surface area (Å²) in [6, 6.07) is 7.62. The molecule has 0 bridgehead atoms. The molecule has 10 heteroatoms. The van der Waals surface area contributed by atoms with Gasteiger partial charge < -0.3 is 14.8 Å². The van der Waals surface area contributed by atoms with Gasteiger partial charge in [-0.05, 0) is 18.2 Å². The van der Waals surface area contributed by atoms with Crippen molar-refractivity contribution in [1.29, 1.82) is 0 Å². The Morgan fingerprint density at radius 1 is 1.21 bits per heavy atom. The van der Waals surface area contributed by atoms with E-state index in [1.165, 1.54) is 50.2 Å². The molecule has 2 N–H and O–H groups in total. The summed E-state index contributed by atoms with van der Waals surface area (Å²) >= 11 is 7.73. The standard InChI is InChI=1S/C18H19ClN2O5S2/c1-10-6-17(22)20-14-9-12(4-5-16(14)27-10)28(23,24)21-18-13(19)7-11(25-2)8-15(18)26-3/h4-5,7-10,21H,6H2,1-3H3,(H,20,22)/t10-/m1/s1. The van der Waals surface area contributed by atoms with Crippen molar-refractivity contribution in [2.45, 2.75) is 28.4 Å². The second-order valence-corrected chi connectivity index (χ2v) is 9.70. The quantitative estimate of drug-likeness (QED) is 0.727. The van der Waals surface area contributed by atoms with Crippen LogP contribution in [0.25, 0.3) is 0 Å². The molecule has 0 spiro atoms. The molecule has 1 atom stereocenters. The van der Waals surface area contributed by atoms with Gasteiger partial charge in [0.2, 0.25) is 5.91 Å². The van der Waals surface area contributed by atoms with Gasteiger partial charge in [0, 0.05) is 28.7 Å². The van der Waals surface area contributed by atoms with Crippen LogP contribution in [0, 0.1) is 0 Å². The Morgan fingerprint density at radius 3 is 2.64 bits per heavy atom. The molecule has 2 aromatic carbocycles. The Morgan fingerprint density at radius 2 is 1.96 bits per heavy atom. The van der Waals surface area contributed by atoms with E-state index in [-0.39, 0.29) is 32.5 Å². The number of ether oxygens (including phenoxy) is 2. The predicted octanol–water partition coefficient (Wildman–Crippen LogP) is 3.98. The van der Waals surface area contributed by atoms with E-state index in [1.54, 1.807) is 6.07 Å². The molecule has 7 nitrogen and oxygen atoms in total. The molecule has 150 valence electrons. The number of sulfonamides is 1. The van der Waals surface area contributed by atoms with Crippen LogP contribution in [0.2, 0.25) is 5.02 Å². The fourth-order valence-electron chi connectivity index (χ4n) is 2.73. The molecule has 0 saturated carbocycles. The second-order valence-electron chi connectivity index (χ2n) is 6.13. The van der Waals surface area contributed by atoms with Crippen LogP contribution < -0.4 is 19.5 Å². The summed E-state index contributed by atoms with van der Waals surface area (Å²) in [7, 11) is -1.11. The van der Waals surface area contributed by atoms with Crippen molar-refractivity contribution >= 4 is 50.7 Å². The minimum absolute atomic E-state index is 0.00404. The highest BCUT2D eigenvalue weighted by Crippen LogP contribution is 2.39. The maximum absolute atomic E-state index is 12.9. The number of methoxy groups -OCH3 is 2. The Bertz CT molecular complexity index is 1030. The largest absolute Gasteiger partial charge is 0.497 e. The summed E-state index contributed by atoms with van der Waals surface area (Å²) in [6.07, 6.45) is 0.359. The molecule has 1 heterocycles. The maximum atomic E-state index is 12.9. The van der Waals surface area contributed by atoms with Crippen LogP contribution in [-0.4, -0.2) is 33.8 Å². The van der Waals surface area contributed by atoms with Gasteiger partial charge in [0.1, 0.15) is 17.2 Å². The van der Waals surface area contributed by atoms with Crippen molar-refractivity contribution in [2.24, 2.45) is 0 Å². The van der Waals surface area contributed by atoms with Gasteiger partial charge in [-0.15, -0.1) is 11.8 Å². The number of halogens is 1. The molecule has 0 fully saturated rings. The number of fused-ring (bicyclic) bond motifs is 1. The van der Waals surface area contributed by atoms with Gasteiger partial charge in [-0.2, -0.15) is 0 Å². The van der Waals surface area contributed by atoms with Crippen molar-refractivity contribution in [3.8, 4) is 11.5 Å². The molecule has 1 aliphatic rings.